The van der Waals surface area contributed by atoms with Crippen molar-refractivity contribution in [3.8, 4) is 11.5 Å². The first-order chi connectivity index (χ1) is 11.3. The summed E-state index contributed by atoms with van der Waals surface area (Å²) >= 11 is 0. The highest BCUT2D eigenvalue weighted by atomic mass is 32.2. The molecule has 0 aliphatic heterocycles. The first kappa shape index (κ1) is 17.5. The maximum atomic E-state index is 12.3. The monoisotopic (exact) mass is 352 g/mol. The van der Waals surface area contributed by atoms with Crippen LogP contribution in [0.25, 0.3) is 0 Å². The topological polar surface area (TPSA) is 108 Å². The molecule has 0 amide bonds. The van der Waals surface area contributed by atoms with E-state index < -0.39 is 20.7 Å². The summed E-state index contributed by atoms with van der Waals surface area (Å²) in [6.07, 6.45) is 0. The Morgan fingerprint density at radius 3 is 2.50 bits per heavy atom. The van der Waals surface area contributed by atoms with Gasteiger partial charge in [-0.25, -0.2) is 8.42 Å². The maximum Gasteiger partial charge on any atom is 0.269 e. The molecule has 0 fully saturated rings. The van der Waals surface area contributed by atoms with E-state index >= 15 is 0 Å². The lowest BCUT2D eigenvalue weighted by Crippen LogP contribution is -2.15. The first-order valence-electron chi connectivity index (χ1n) is 6.80. The van der Waals surface area contributed by atoms with Crippen molar-refractivity contribution in [2.45, 2.75) is 5.75 Å². The molecule has 0 aliphatic carbocycles. The molecule has 0 aliphatic rings. The predicted octanol–water partition coefficient (Wildman–Crippen LogP) is 2.55. The van der Waals surface area contributed by atoms with Gasteiger partial charge in [0.25, 0.3) is 5.69 Å². The lowest BCUT2D eigenvalue weighted by Gasteiger charge is -2.13. The number of nitro benzene ring substituents is 1. The van der Waals surface area contributed by atoms with Crippen LogP contribution in [-0.2, 0) is 15.8 Å². The van der Waals surface area contributed by atoms with Gasteiger partial charge in [-0.2, -0.15) is 0 Å². The molecule has 0 aromatic heterocycles. The summed E-state index contributed by atoms with van der Waals surface area (Å²) in [4.78, 5) is 10.2. The van der Waals surface area contributed by atoms with Gasteiger partial charge in [0.2, 0.25) is 10.0 Å². The number of rotatable bonds is 7. The summed E-state index contributed by atoms with van der Waals surface area (Å²) < 4.78 is 37.3. The summed E-state index contributed by atoms with van der Waals surface area (Å²) in [6, 6.07) is 10.2. The minimum Gasteiger partial charge on any atom is -0.497 e. The number of benzene rings is 2. The maximum absolute atomic E-state index is 12.3. The molecule has 8 nitrogen and oxygen atoms in total. The second-order valence-corrected chi connectivity index (χ2v) is 6.58. The van der Waals surface area contributed by atoms with Gasteiger partial charge in [-0.15, -0.1) is 0 Å². The molecule has 0 heterocycles. The van der Waals surface area contributed by atoms with E-state index in [-0.39, 0.29) is 11.4 Å². The lowest BCUT2D eigenvalue weighted by molar-refractivity contribution is -0.384. The van der Waals surface area contributed by atoms with Gasteiger partial charge in [0.05, 0.1) is 30.6 Å². The summed E-state index contributed by atoms with van der Waals surface area (Å²) in [5.74, 6) is 0.386. The number of sulfonamides is 1. The number of nitrogens with one attached hydrogen (secondary N) is 1. The van der Waals surface area contributed by atoms with Gasteiger partial charge >= 0.3 is 0 Å². The Balaban J connectivity index is 2.26. The molecule has 0 spiro atoms. The molecule has 9 heteroatoms. The molecule has 128 valence electrons. The fraction of sp³-hybridized carbons (Fsp3) is 0.200. The Morgan fingerprint density at radius 1 is 1.12 bits per heavy atom. The van der Waals surface area contributed by atoms with E-state index in [0.29, 0.717) is 17.1 Å². The average molecular weight is 352 g/mol. The number of nitro groups is 1. The zero-order valence-corrected chi connectivity index (χ0v) is 13.9. The third-order valence-corrected chi connectivity index (χ3v) is 4.39. The second-order valence-electron chi connectivity index (χ2n) is 4.85. The highest BCUT2D eigenvalue weighted by Crippen LogP contribution is 2.30. The number of methoxy groups -OCH3 is 2. The van der Waals surface area contributed by atoms with Crippen LogP contribution in [0.5, 0.6) is 11.5 Å². The van der Waals surface area contributed by atoms with Crippen molar-refractivity contribution in [3.05, 3.63) is 58.1 Å². The minimum absolute atomic E-state index is 0.165. The highest BCUT2D eigenvalue weighted by molar-refractivity contribution is 7.91. The number of non-ortho nitro benzene ring substituents is 1. The van der Waals surface area contributed by atoms with E-state index in [0.717, 1.165) is 0 Å². The number of hydrogen-bond acceptors (Lipinski definition) is 6. The van der Waals surface area contributed by atoms with Gasteiger partial charge in [0, 0.05) is 18.2 Å². The average Bonchev–Trinajstić information content (AvgIpc) is 2.54. The summed E-state index contributed by atoms with van der Waals surface area (Å²) in [6.45, 7) is 0. The molecule has 0 bridgehead atoms. The Bertz CT molecular complexity index is 851. The lowest BCUT2D eigenvalue weighted by atomic mass is 10.2. The van der Waals surface area contributed by atoms with E-state index in [1.54, 1.807) is 12.1 Å². The quantitative estimate of drug-likeness (QED) is 0.606. The molecule has 2 aromatic carbocycles. The van der Waals surface area contributed by atoms with Crippen molar-refractivity contribution >= 4 is 21.4 Å². The van der Waals surface area contributed by atoms with Crippen LogP contribution in [-0.4, -0.2) is 27.6 Å². The minimum atomic E-state index is -3.80. The van der Waals surface area contributed by atoms with Gasteiger partial charge in [0.1, 0.15) is 11.5 Å². The molecular weight excluding hydrogens is 336 g/mol. The van der Waals surface area contributed by atoms with Gasteiger partial charge in [-0.3, -0.25) is 14.8 Å². The standard InChI is InChI=1S/C15H16N2O6S/c1-22-13-6-7-15(23-2)14(9-13)16-24(20,21)10-11-4-3-5-12(8-11)17(18)19/h3-9,16H,10H2,1-2H3. The van der Waals surface area contributed by atoms with E-state index in [1.165, 1.54) is 44.6 Å². The Labute approximate surface area is 139 Å². The van der Waals surface area contributed by atoms with Crippen molar-refractivity contribution in [1.29, 1.82) is 0 Å². The van der Waals surface area contributed by atoms with E-state index in [9.17, 15) is 18.5 Å². The largest absolute Gasteiger partial charge is 0.497 e. The highest BCUT2D eigenvalue weighted by Gasteiger charge is 2.17. The van der Waals surface area contributed by atoms with Crippen molar-refractivity contribution in [2.75, 3.05) is 18.9 Å². The molecule has 0 saturated carbocycles. The number of anilines is 1. The van der Waals surface area contributed by atoms with Crippen LogP contribution in [0, 0.1) is 10.1 Å². The Kier molecular flexibility index (Phi) is 5.24. The number of nitrogens with zero attached hydrogens (tertiary/aromatic N) is 1. The van der Waals surface area contributed by atoms with Gasteiger partial charge < -0.3 is 9.47 Å². The normalized spacial score (nSPS) is 10.9. The van der Waals surface area contributed by atoms with Crippen LogP contribution in [0.4, 0.5) is 11.4 Å². The summed E-state index contributed by atoms with van der Waals surface area (Å²) in [7, 11) is -0.918. The molecule has 24 heavy (non-hydrogen) atoms. The van der Waals surface area contributed by atoms with Crippen LogP contribution in [0.15, 0.2) is 42.5 Å². The number of hydrogen-bond donors (Lipinski definition) is 1. The molecule has 0 unspecified atom stereocenters. The molecule has 2 rings (SSSR count). The Hall–Kier alpha value is -2.81. The van der Waals surface area contributed by atoms with E-state index in [1.807, 2.05) is 0 Å². The Morgan fingerprint density at radius 2 is 1.88 bits per heavy atom. The zero-order valence-electron chi connectivity index (χ0n) is 13.1. The molecule has 1 N–H and O–H groups in total. The second kappa shape index (κ2) is 7.18. The van der Waals surface area contributed by atoms with Crippen LogP contribution in [0.1, 0.15) is 5.56 Å². The molecule has 0 saturated heterocycles. The predicted molar refractivity (Wildman–Crippen MR) is 88.9 cm³/mol. The third-order valence-electron chi connectivity index (χ3n) is 3.15. The van der Waals surface area contributed by atoms with Crippen LogP contribution < -0.4 is 14.2 Å². The van der Waals surface area contributed by atoms with Crippen molar-refractivity contribution in [3.63, 3.8) is 0 Å². The van der Waals surface area contributed by atoms with Gasteiger partial charge in [-0.1, -0.05) is 12.1 Å². The van der Waals surface area contributed by atoms with Gasteiger partial charge in [0.15, 0.2) is 0 Å². The van der Waals surface area contributed by atoms with Crippen molar-refractivity contribution in [2.24, 2.45) is 0 Å². The fourth-order valence-corrected chi connectivity index (χ4v) is 3.26. The molecular formula is C15H16N2O6S. The van der Waals surface area contributed by atoms with Crippen molar-refractivity contribution in [1.82, 2.24) is 0 Å². The number of ether oxygens (including phenoxy) is 2. The van der Waals surface area contributed by atoms with Crippen LogP contribution >= 0.6 is 0 Å². The van der Waals surface area contributed by atoms with Crippen LogP contribution in [0.2, 0.25) is 0 Å². The molecule has 0 atom stereocenters. The summed E-state index contributed by atoms with van der Waals surface area (Å²) in [5.41, 5.74) is 0.363. The van der Waals surface area contributed by atoms with E-state index in [4.69, 9.17) is 9.47 Å². The van der Waals surface area contributed by atoms with Crippen molar-refractivity contribution < 1.29 is 22.8 Å². The van der Waals surface area contributed by atoms with E-state index in [2.05, 4.69) is 4.72 Å². The SMILES string of the molecule is COc1ccc(OC)c(NS(=O)(=O)Cc2cccc([N+](=O)[O-])c2)c1. The molecule has 2 aromatic rings. The smallest absolute Gasteiger partial charge is 0.269 e. The fourth-order valence-electron chi connectivity index (χ4n) is 2.08. The summed E-state index contributed by atoms with van der Waals surface area (Å²) in [5, 5.41) is 10.8. The molecule has 0 radical (unpaired) electrons. The van der Waals surface area contributed by atoms with Crippen LogP contribution in [0.3, 0.4) is 0 Å². The first-order valence-corrected chi connectivity index (χ1v) is 8.45. The van der Waals surface area contributed by atoms with Gasteiger partial charge in [-0.05, 0) is 17.7 Å². The third kappa shape index (κ3) is 4.35. The zero-order chi connectivity index (χ0) is 17.7.